The Bertz CT molecular complexity index is 1170. The lowest BCUT2D eigenvalue weighted by atomic mass is 10.2. The van der Waals surface area contributed by atoms with Gasteiger partial charge in [0.05, 0.1) is 5.69 Å². The molecule has 4 rings (SSSR count). The number of anilines is 1. The van der Waals surface area contributed by atoms with Gasteiger partial charge >= 0.3 is 5.63 Å². The standard InChI is InChI=1S/C19H11ClN2O3S/c20-13-6-7-16-12(8-13)9-14(18(24)25-16)17(23)22-19-21-15(10-26-19)11-4-2-1-3-5-11/h1-10H,(H,21,22,23). The summed E-state index contributed by atoms with van der Waals surface area (Å²) in [5.74, 6) is -0.574. The second kappa shape index (κ2) is 6.74. The van der Waals surface area contributed by atoms with Crippen molar-refractivity contribution in [3.8, 4) is 11.3 Å². The van der Waals surface area contributed by atoms with Gasteiger partial charge < -0.3 is 4.42 Å². The van der Waals surface area contributed by atoms with E-state index >= 15 is 0 Å². The quantitative estimate of drug-likeness (QED) is 0.515. The van der Waals surface area contributed by atoms with Gasteiger partial charge in [-0.05, 0) is 24.3 Å². The Morgan fingerprint density at radius 2 is 1.92 bits per heavy atom. The predicted molar refractivity (Wildman–Crippen MR) is 103 cm³/mol. The maximum atomic E-state index is 12.5. The molecule has 0 saturated carbocycles. The molecule has 1 N–H and O–H groups in total. The van der Waals surface area contributed by atoms with Crippen LogP contribution in [0.1, 0.15) is 10.4 Å². The van der Waals surface area contributed by atoms with Crippen molar-refractivity contribution in [3.63, 3.8) is 0 Å². The molecule has 0 aliphatic heterocycles. The number of nitrogens with one attached hydrogen (secondary N) is 1. The Kier molecular flexibility index (Phi) is 4.28. The van der Waals surface area contributed by atoms with Crippen molar-refractivity contribution in [1.29, 1.82) is 0 Å². The molecule has 0 saturated heterocycles. The molecule has 0 bridgehead atoms. The minimum absolute atomic E-state index is 0.101. The first-order chi connectivity index (χ1) is 12.6. The summed E-state index contributed by atoms with van der Waals surface area (Å²) < 4.78 is 5.19. The van der Waals surface area contributed by atoms with E-state index in [0.29, 0.717) is 21.1 Å². The zero-order valence-electron chi connectivity index (χ0n) is 13.2. The van der Waals surface area contributed by atoms with Gasteiger partial charge in [-0.25, -0.2) is 9.78 Å². The number of amides is 1. The van der Waals surface area contributed by atoms with Crippen LogP contribution in [-0.4, -0.2) is 10.9 Å². The Balaban J connectivity index is 1.63. The van der Waals surface area contributed by atoms with Gasteiger partial charge in [0, 0.05) is 21.4 Å². The Morgan fingerprint density at radius 1 is 1.12 bits per heavy atom. The summed E-state index contributed by atoms with van der Waals surface area (Å²) >= 11 is 7.23. The molecule has 0 atom stereocenters. The van der Waals surface area contributed by atoms with E-state index in [-0.39, 0.29) is 5.56 Å². The summed E-state index contributed by atoms with van der Waals surface area (Å²) in [5, 5.41) is 5.95. The third kappa shape index (κ3) is 3.24. The van der Waals surface area contributed by atoms with Crippen LogP contribution in [0.4, 0.5) is 5.13 Å². The van der Waals surface area contributed by atoms with E-state index in [1.54, 1.807) is 18.2 Å². The minimum Gasteiger partial charge on any atom is -0.422 e. The van der Waals surface area contributed by atoms with E-state index in [4.69, 9.17) is 16.0 Å². The van der Waals surface area contributed by atoms with Crippen LogP contribution in [0.5, 0.6) is 0 Å². The molecular weight excluding hydrogens is 372 g/mol. The Labute approximate surface area is 156 Å². The average molecular weight is 383 g/mol. The fourth-order valence-electron chi connectivity index (χ4n) is 2.49. The Hall–Kier alpha value is -2.96. The summed E-state index contributed by atoms with van der Waals surface area (Å²) in [6.07, 6.45) is 0. The maximum absolute atomic E-state index is 12.5. The van der Waals surface area contributed by atoms with Gasteiger partial charge in [-0.3, -0.25) is 10.1 Å². The molecule has 5 nitrogen and oxygen atoms in total. The number of hydrogen-bond donors (Lipinski definition) is 1. The zero-order chi connectivity index (χ0) is 18.1. The van der Waals surface area contributed by atoms with E-state index in [0.717, 1.165) is 11.3 Å². The van der Waals surface area contributed by atoms with Crippen molar-refractivity contribution in [3.05, 3.63) is 81.0 Å². The van der Waals surface area contributed by atoms with E-state index in [9.17, 15) is 9.59 Å². The van der Waals surface area contributed by atoms with Gasteiger partial charge in [-0.1, -0.05) is 41.9 Å². The molecule has 0 radical (unpaired) electrons. The molecule has 4 aromatic rings. The highest BCUT2D eigenvalue weighted by Gasteiger charge is 2.16. The van der Waals surface area contributed by atoms with Crippen molar-refractivity contribution in [2.24, 2.45) is 0 Å². The second-order valence-electron chi connectivity index (χ2n) is 5.49. The van der Waals surface area contributed by atoms with Crippen LogP contribution in [-0.2, 0) is 0 Å². The maximum Gasteiger partial charge on any atom is 0.349 e. The van der Waals surface area contributed by atoms with Gasteiger partial charge in [0.2, 0.25) is 0 Å². The van der Waals surface area contributed by atoms with Crippen molar-refractivity contribution >= 4 is 44.9 Å². The summed E-state index contributed by atoms with van der Waals surface area (Å²) in [6.45, 7) is 0. The van der Waals surface area contributed by atoms with Crippen LogP contribution < -0.4 is 10.9 Å². The molecule has 7 heteroatoms. The molecule has 2 aromatic heterocycles. The average Bonchev–Trinajstić information content (AvgIpc) is 3.10. The van der Waals surface area contributed by atoms with Crippen LogP contribution in [0.2, 0.25) is 5.02 Å². The predicted octanol–water partition coefficient (Wildman–Crippen LogP) is 4.82. The lowest BCUT2D eigenvalue weighted by molar-refractivity contribution is 0.102. The number of fused-ring (bicyclic) bond motifs is 1. The van der Waals surface area contributed by atoms with Gasteiger partial charge in [0.1, 0.15) is 11.1 Å². The lowest BCUT2D eigenvalue weighted by Crippen LogP contribution is -2.20. The van der Waals surface area contributed by atoms with Crippen LogP contribution in [0.3, 0.4) is 0 Å². The number of rotatable bonds is 3. The molecule has 2 aromatic carbocycles. The first-order valence-corrected chi connectivity index (χ1v) is 8.91. The third-order valence-electron chi connectivity index (χ3n) is 3.73. The first kappa shape index (κ1) is 16.5. The monoisotopic (exact) mass is 382 g/mol. The van der Waals surface area contributed by atoms with E-state index in [2.05, 4.69) is 10.3 Å². The molecule has 1 amide bonds. The van der Waals surface area contributed by atoms with Crippen LogP contribution in [0.25, 0.3) is 22.2 Å². The molecule has 0 aliphatic carbocycles. The SMILES string of the molecule is O=C(Nc1nc(-c2ccccc2)cs1)c1cc2cc(Cl)ccc2oc1=O. The molecule has 0 spiro atoms. The van der Waals surface area contributed by atoms with Crippen molar-refractivity contribution in [1.82, 2.24) is 4.98 Å². The molecule has 0 fully saturated rings. The number of thiazole rings is 1. The summed E-state index contributed by atoms with van der Waals surface area (Å²) in [7, 11) is 0. The lowest BCUT2D eigenvalue weighted by Gasteiger charge is -2.03. The molecule has 0 aliphatic rings. The van der Waals surface area contributed by atoms with Gasteiger partial charge in [0.25, 0.3) is 5.91 Å². The summed E-state index contributed by atoms with van der Waals surface area (Å²) in [4.78, 5) is 29.0. The van der Waals surface area contributed by atoms with E-state index in [1.165, 1.54) is 17.4 Å². The van der Waals surface area contributed by atoms with Crippen molar-refractivity contribution < 1.29 is 9.21 Å². The molecule has 128 valence electrons. The van der Waals surface area contributed by atoms with Crippen LogP contribution >= 0.6 is 22.9 Å². The smallest absolute Gasteiger partial charge is 0.349 e. The number of aromatic nitrogens is 1. The topological polar surface area (TPSA) is 72.2 Å². The van der Waals surface area contributed by atoms with E-state index < -0.39 is 11.5 Å². The van der Waals surface area contributed by atoms with E-state index in [1.807, 2.05) is 35.7 Å². The van der Waals surface area contributed by atoms with Crippen LogP contribution in [0, 0.1) is 0 Å². The number of hydrogen-bond acceptors (Lipinski definition) is 5. The largest absolute Gasteiger partial charge is 0.422 e. The Morgan fingerprint density at radius 3 is 2.73 bits per heavy atom. The number of halogens is 1. The fourth-order valence-corrected chi connectivity index (χ4v) is 3.38. The first-order valence-electron chi connectivity index (χ1n) is 7.66. The zero-order valence-corrected chi connectivity index (χ0v) is 14.8. The number of carbonyl (C=O) groups is 1. The van der Waals surface area contributed by atoms with Crippen molar-refractivity contribution in [2.75, 3.05) is 5.32 Å². The molecule has 0 unspecified atom stereocenters. The van der Waals surface area contributed by atoms with Gasteiger partial charge in [-0.15, -0.1) is 11.3 Å². The fraction of sp³-hybridized carbons (Fsp3) is 0. The summed E-state index contributed by atoms with van der Waals surface area (Å²) in [6, 6.07) is 15.9. The number of carbonyl (C=O) groups excluding carboxylic acids is 1. The highest BCUT2D eigenvalue weighted by Crippen LogP contribution is 2.25. The van der Waals surface area contributed by atoms with Gasteiger partial charge in [-0.2, -0.15) is 0 Å². The summed E-state index contributed by atoms with van der Waals surface area (Å²) in [5.41, 5.74) is 1.26. The molecule has 2 heterocycles. The number of nitrogens with zero attached hydrogens (tertiary/aromatic N) is 1. The minimum atomic E-state index is -0.711. The van der Waals surface area contributed by atoms with Gasteiger partial charge in [0.15, 0.2) is 5.13 Å². The molecular formula is C19H11ClN2O3S. The van der Waals surface area contributed by atoms with Crippen molar-refractivity contribution in [2.45, 2.75) is 0 Å². The number of benzene rings is 2. The van der Waals surface area contributed by atoms with Crippen LogP contribution in [0.15, 0.2) is 69.2 Å². The second-order valence-corrected chi connectivity index (χ2v) is 6.78. The highest BCUT2D eigenvalue weighted by atomic mass is 35.5. The normalized spacial score (nSPS) is 10.8. The third-order valence-corrected chi connectivity index (χ3v) is 4.73. The molecule has 26 heavy (non-hydrogen) atoms. The highest BCUT2D eigenvalue weighted by molar-refractivity contribution is 7.14.